The van der Waals surface area contributed by atoms with Gasteiger partial charge in [0.2, 0.25) is 0 Å². The van der Waals surface area contributed by atoms with Gasteiger partial charge in [0, 0.05) is 25.2 Å². The maximum atomic E-state index is 11.9. The molecule has 0 amide bonds. The van der Waals surface area contributed by atoms with Gasteiger partial charge >= 0.3 is 5.97 Å². The maximum absolute atomic E-state index is 11.9. The summed E-state index contributed by atoms with van der Waals surface area (Å²) in [4.78, 5) is 28.1. The lowest BCUT2D eigenvalue weighted by molar-refractivity contribution is -0.383. The van der Waals surface area contributed by atoms with Crippen LogP contribution in [0.3, 0.4) is 0 Å². The van der Waals surface area contributed by atoms with Crippen molar-refractivity contribution in [3.05, 3.63) is 28.3 Å². The van der Waals surface area contributed by atoms with Gasteiger partial charge in [0.15, 0.2) is 0 Å². The summed E-state index contributed by atoms with van der Waals surface area (Å²) in [6.45, 7) is 6.40. The molecule has 1 aromatic carbocycles. The first-order chi connectivity index (χ1) is 12.6. The average molecular weight is 400 g/mol. The van der Waals surface area contributed by atoms with E-state index in [1.807, 2.05) is 0 Å². The normalized spacial score (nSPS) is 17.2. The maximum Gasteiger partial charge on any atom is 0.330 e. The van der Waals surface area contributed by atoms with Crippen molar-refractivity contribution in [1.82, 2.24) is 5.06 Å². The number of nitro benzene ring substituents is 1. The number of anilines is 2. The Bertz CT molecular complexity index is 728. The topological polar surface area (TPSA) is 134 Å². The standard InChI is InChI=1S/C16H24N4O6S/c1-16(2,3)15(21)26-19-8-6-11(7-9-19)17-13-5-4-12(18-27(24)25)10-14(13)20(22)23/h4-5,10-11,17-18H,6-9H2,1-3H3,(H,24,25). The third-order valence-electron chi connectivity index (χ3n) is 4.04. The minimum atomic E-state index is -2.31. The molecule has 1 aliphatic rings. The van der Waals surface area contributed by atoms with Crippen LogP contribution >= 0.6 is 0 Å². The third kappa shape index (κ3) is 6.15. The van der Waals surface area contributed by atoms with Gasteiger partial charge in [-0.25, -0.2) is 9.00 Å². The first kappa shape index (κ1) is 21.1. The number of nitrogens with one attached hydrogen (secondary N) is 2. The average Bonchev–Trinajstić information content (AvgIpc) is 2.56. The zero-order valence-corrected chi connectivity index (χ0v) is 16.2. The predicted molar refractivity (Wildman–Crippen MR) is 101 cm³/mol. The summed E-state index contributed by atoms with van der Waals surface area (Å²) in [7, 11) is 0. The van der Waals surface area contributed by atoms with Crippen LogP contribution in [0.2, 0.25) is 0 Å². The van der Waals surface area contributed by atoms with Crippen LogP contribution in [0.25, 0.3) is 0 Å². The van der Waals surface area contributed by atoms with Crippen molar-refractivity contribution in [2.45, 2.75) is 39.7 Å². The molecular formula is C16H24N4O6S. The molecule has 3 N–H and O–H groups in total. The van der Waals surface area contributed by atoms with Crippen LogP contribution in [0.4, 0.5) is 17.1 Å². The van der Waals surface area contributed by atoms with Gasteiger partial charge in [0.25, 0.3) is 17.0 Å². The Morgan fingerprint density at radius 3 is 2.52 bits per heavy atom. The smallest absolute Gasteiger partial charge is 0.330 e. The van der Waals surface area contributed by atoms with Gasteiger partial charge in [-0.05, 0) is 45.7 Å². The van der Waals surface area contributed by atoms with E-state index in [4.69, 9.17) is 9.39 Å². The number of nitrogens with zero attached hydrogens (tertiary/aromatic N) is 2. The molecule has 27 heavy (non-hydrogen) atoms. The number of carbonyl (C=O) groups excluding carboxylic acids is 1. The zero-order chi connectivity index (χ0) is 20.2. The van der Waals surface area contributed by atoms with Gasteiger partial charge in [0.05, 0.1) is 16.0 Å². The summed E-state index contributed by atoms with van der Waals surface area (Å²) in [5.74, 6) is -0.297. The Morgan fingerprint density at radius 1 is 1.37 bits per heavy atom. The molecule has 150 valence electrons. The molecule has 2 rings (SSSR count). The number of hydroxylamine groups is 2. The first-order valence-electron chi connectivity index (χ1n) is 8.46. The van der Waals surface area contributed by atoms with Gasteiger partial charge in [-0.2, -0.15) is 0 Å². The Labute approximate surface area is 159 Å². The summed E-state index contributed by atoms with van der Waals surface area (Å²) in [6, 6.07) is 4.18. The number of hydrogen-bond donors (Lipinski definition) is 3. The number of piperidine rings is 1. The summed E-state index contributed by atoms with van der Waals surface area (Å²) >= 11 is -2.31. The van der Waals surface area contributed by atoms with Gasteiger partial charge in [-0.1, -0.05) is 0 Å². The SMILES string of the molecule is CC(C)(C)C(=O)ON1CCC(Nc2ccc(NS(=O)O)cc2[N+](=O)[O-])CC1. The van der Waals surface area contributed by atoms with E-state index in [1.165, 1.54) is 18.2 Å². The van der Waals surface area contributed by atoms with E-state index < -0.39 is 21.6 Å². The van der Waals surface area contributed by atoms with Crippen LogP contribution in [0, 0.1) is 15.5 Å². The van der Waals surface area contributed by atoms with Crippen molar-refractivity contribution in [2.75, 3.05) is 23.1 Å². The molecule has 10 nitrogen and oxygen atoms in total. The van der Waals surface area contributed by atoms with Gasteiger partial charge < -0.3 is 10.2 Å². The molecule has 1 aromatic rings. The second-order valence-corrected chi connectivity index (χ2v) is 8.02. The first-order valence-corrected chi connectivity index (χ1v) is 9.57. The molecule has 11 heteroatoms. The highest BCUT2D eigenvalue weighted by molar-refractivity contribution is 7.80. The fourth-order valence-electron chi connectivity index (χ4n) is 2.53. The molecule has 0 aliphatic carbocycles. The lowest BCUT2D eigenvalue weighted by Gasteiger charge is -2.32. The van der Waals surface area contributed by atoms with Crippen molar-refractivity contribution < 1.29 is 23.3 Å². The summed E-state index contributed by atoms with van der Waals surface area (Å²) < 4.78 is 21.8. The fraction of sp³-hybridized carbons (Fsp3) is 0.562. The van der Waals surface area contributed by atoms with Crippen molar-refractivity contribution in [1.29, 1.82) is 0 Å². The van der Waals surface area contributed by atoms with Gasteiger partial charge in [-0.15, -0.1) is 5.06 Å². The second kappa shape index (κ2) is 8.63. The van der Waals surface area contributed by atoms with E-state index in [-0.39, 0.29) is 23.4 Å². The van der Waals surface area contributed by atoms with E-state index in [0.29, 0.717) is 31.6 Å². The van der Waals surface area contributed by atoms with Crippen LogP contribution in [0.5, 0.6) is 0 Å². The molecule has 0 bridgehead atoms. The Balaban J connectivity index is 1.97. The van der Waals surface area contributed by atoms with Crippen LogP contribution in [-0.2, 0) is 20.9 Å². The highest BCUT2D eigenvalue weighted by Gasteiger charge is 2.29. The summed E-state index contributed by atoms with van der Waals surface area (Å²) in [6.07, 6.45) is 1.30. The molecule has 1 aliphatic heterocycles. The van der Waals surface area contributed by atoms with Crippen molar-refractivity contribution >= 4 is 34.3 Å². The fourth-order valence-corrected chi connectivity index (χ4v) is 2.86. The molecule has 0 saturated carbocycles. The number of hydrogen-bond acceptors (Lipinski definition) is 7. The van der Waals surface area contributed by atoms with E-state index in [2.05, 4.69) is 10.0 Å². The Hall–Kier alpha value is -2.24. The number of benzene rings is 1. The quantitative estimate of drug-likeness (QED) is 0.377. The zero-order valence-electron chi connectivity index (χ0n) is 15.4. The van der Waals surface area contributed by atoms with E-state index >= 15 is 0 Å². The van der Waals surface area contributed by atoms with E-state index in [1.54, 1.807) is 25.8 Å². The van der Waals surface area contributed by atoms with Crippen molar-refractivity contribution in [3.8, 4) is 0 Å². The monoisotopic (exact) mass is 400 g/mol. The minimum absolute atomic E-state index is 0.0147. The van der Waals surface area contributed by atoms with Crippen molar-refractivity contribution in [3.63, 3.8) is 0 Å². The lowest BCUT2D eigenvalue weighted by Crippen LogP contribution is -2.42. The third-order valence-corrected chi connectivity index (χ3v) is 4.45. The molecule has 0 radical (unpaired) electrons. The molecule has 1 unspecified atom stereocenters. The number of rotatable bonds is 6. The Kier molecular flexibility index (Phi) is 6.73. The summed E-state index contributed by atoms with van der Waals surface area (Å²) in [5, 5.41) is 16.1. The van der Waals surface area contributed by atoms with E-state index in [9.17, 15) is 19.1 Å². The highest BCUT2D eigenvalue weighted by Crippen LogP contribution is 2.30. The molecule has 1 heterocycles. The highest BCUT2D eigenvalue weighted by atomic mass is 32.2. The summed E-state index contributed by atoms with van der Waals surface area (Å²) in [5.41, 5.74) is -0.257. The molecular weight excluding hydrogens is 376 g/mol. The molecule has 0 aromatic heterocycles. The number of carbonyl (C=O) groups is 1. The molecule has 1 atom stereocenters. The van der Waals surface area contributed by atoms with Crippen LogP contribution in [-0.4, -0.2) is 43.8 Å². The van der Waals surface area contributed by atoms with Gasteiger partial charge in [-0.3, -0.25) is 19.4 Å². The largest absolute Gasteiger partial charge is 0.377 e. The predicted octanol–water partition coefficient (Wildman–Crippen LogP) is 2.52. The number of nitro groups is 1. The van der Waals surface area contributed by atoms with Gasteiger partial charge in [0.1, 0.15) is 5.69 Å². The van der Waals surface area contributed by atoms with Crippen LogP contribution in [0.15, 0.2) is 18.2 Å². The van der Waals surface area contributed by atoms with Crippen LogP contribution < -0.4 is 10.0 Å². The lowest BCUT2D eigenvalue weighted by atomic mass is 9.98. The minimum Gasteiger partial charge on any atom is -0.377 e. The van der Waals surface area contributed by atoms with Crippen molar-refractivity contribution in [2.24, 2.45) is 5.41 Å². The second-order valence-electron chi connectivity index (χ2n) is 7.32. The Morgan fingerprint density at radius 2 is 2.00 bits per heavy atom. The molecule has 1 fully saturated rings. The molecule has 1 saturated heterocycles. The molecule has 0 spiro atoms. The van der Waals surface area contributed by atoms with E-state index in [0.717, 1.165) is 0 Å². The van der Waals surface area contributed by atoms with Crippen LogP contribution in [0.1, 0.15) is 33.6 Å².